The van der Waals surface area contributed by atoms with Crippen molar-refractivity contribution in [2.24, 2.45) is 0 Å². The SMILES string of the molecule is CCc1cc2cc(C(OCCN(C)C)c3ccc4c(c3)OCCO4)ccc2[nH]c1=O. The molecule has 1 N–H and O–H groups in total. The van der Waals surface area contributed by atoms with Gasteiger partial charge in [-0.25, -0.2) is 0 Å². The quantitative estimate of drug-likeness (QED) is 0.648. The molecule has 0 aliphatic carbocycles. The Morgan fingerprint density at radius 1 is 1.03 bits per heavy atom. The van der Waals surface area contributed by atoms with Crippen molar-refractivity contribution in [1.29, 1.82) is 0 Å². The third-order valence-electron chi connectivity index (χ3n) is 5.32. The van der Waals surface area contributed by atoms with Crippen LogP contribution in [0.5, 0.6) is 11.5 Å². The van der Waals surface area contributed by atoms with E-state index < -0.39 is 0 Å². The summed E-state index contributed by atoms with van der Waals surface area (Å²) in [6, 6.07) is 14.0. The Morgan fingerprint density at radius 2 is 1.77 bits per heavy atom. The number of aryl methyl sites for hydroxylation is 1. The highest BCUT2D eigenvalue weighted by molar-refractivity contribution is 5.80. The third-order valence-corrected chi connectivity index (χ3v) is 5.32. The number of ether oxygens (including phenoxy) is 3. The molecule has 0 amide bonds. The van der Waals surface area contributed by atoms with Gasteiger partial charge in [0.25, 0.3) is 5.56 Å². The number of H-pyrrole nitrogens is 1. The van der Waals surface area contributed by atoms with Crippen LogP contribution in [-0.2, 0) is 11.2 Å². The van der Waals surface area contributed by atoms with E-state index in [1.54, 1.807) is 0 Å². The normalized spacial score (nSPS) is 14.3. The molecule has 0 saturated carbocycles. The Balaban J connectivity index is 1.73. The maximum absolute atomic E-state index is 12.1. The van der Waals surface area contributed by atoms with E-state index in [9.17, 15) is 4.79 Å². The van der Waals surface area contributed by atoms with Gasteiger partial charge in [0, 0.05) is 17.6 Å². The first-order valence-electron chi connectivity index (χ1n) is 10.4. The molecule has 0 saturated heterocycles. The number of pyridine rings is 1. The van der Waals surface area contributed by atoms with Crippen molar-refractivity contribution in [1.82, 2.24) is 9.88 Å². The van der Waals surface area contributed by atoms with E-state index in [4.69, 9.17) is 14.2 Å². The summed E-state index contributed by atoms with van der Waals surface area (Å²) in [6.45, 7) is 4.52. The molecule has 1 atom stereocenters. The Morgan fingerprint density at radius 3 is 2.53 bits per heavy atom. The van der Waals surface area contributed by atoms with Crippen molar-refractivity contribution >= 4 is 10.9 Å². The topological polar surface area (TPSA) is 63.8 Å². The third kappa shape index (κ3) is 4.35. The van der Waals surface area contributed by atoms with Crippen molar-refractivity contribution in [2.75, 3.05) is 40.5 Å². The molecule has 0 bridgehead atoms. The summed E-state index contributed by atoms with van der Waals surface area (Å²) >= 11 is 0. The Bertz CT molecular complexity index is 1090. The van der Waals surface area contributed by atoms with Gasteiger partial charge in [0.2, 0.25) is 0 Å². The molecule has 6 nitrogen and oxygen atoms in total. The van der Waals surface area contributed by atoms with Crippen LogP contribution in [0.3, 0.4) is 0 Å². The monoisotopic (exact) mass is 408 g/mol. The first kappa shape index (κ1) is 20.4. The van der Waals surface area contributed by atoms with Crippen LogP contribution in [-0.4, -0.2) is 50.3 Å². The van der Waals surface area contributed by atoms with E-state index in [2.05, 4.69) is 16.0 Å². The van der Waals surface area contributed by atoms with Gasteiger partial charge in [0.05, 0.1) is 6.61 Å². The Labute approximate surface area is 176 Å². The molecule has 2 heterocycles. The van der Waals surface area contributed by atoms with Crippen LogP contribution in [0.25, 0.3) is 10.9 Å². The second-order valence-corrected chi connectivity index (χ2v) is 7.78. The van der Waals surface area contributed by atoms with E-state index in [0.717, 1.165) is 45.6 Å². The van der Waals surface area contributed by atoms with Crippen LogP contribution in [0.1, 0.15) is 29.7 Å². The zero-order valence-corrected chi connectivity index (χ0v) is 17.7. The van der Waals surface area contributed by atoms with Gasteiger partial charge in [0.15, 0.2) is 11.5 Å². The fourth-order valence-electron chi connectivity index (χ4n) is 3.66. The van der Waals surface area contributed by atoms with Crippen molar-refractivity contribution in [3.8, 4) is 11.5 Å². The lowest BCUT2D eigenvalue weighted by Crippen LogP contribution is -2.20. The first-order chi connectivity index (χ1) is 14.5. The second kappa shape index (κ2) is 8.90. The van der Waals surface area contributed by atoms with Gasteiger partial charge >= 0.3 is 0 Å². The maximum atomic E-state index is 12.1. The molecule has 0 fully saturated rings. The molecular weight excluding hydrogens is 380 g/mol. The molecule has 0 spiro atoms. The highest BCUT2D eigenvalue weighted by Crippen LogP contribution is 2.36. The lowest BCUT2D eigenvalue weighted by atomic mass is 9.98. The van der Waals surface area contributed by atoms with Crippen LogP contribution in [0.15, 0.2) is 47.3 Å². The van der Waals surface area contributed by atoms with Crippen LogP contribution >= 0.6 is 0 Å². The minimum atomic E-state index is -0.248. The maximum Gasteiger partial charge on any atom is 0.251 e. The molecule has 1 aliphatic heterocycles. The highest BCUT2D eigenvalue weighted by Gasteiger charge is 2.20. The number of likely N-dealkylation sites (N-methyl/N-ethyl adjacent to an activating group) is 1. The number of aromatic amines is 1. The minimum Gasteiger partial charge on any atom is -0.486 e. The number of benzene rings is 2. The lowest BCUT2D eigenvalue weighted by Gasteiger charge is -2.24. The highest BCUT2D eigenvalue weighted by atomic mass is 16.6. The summed E-state index contributed by atoms with van der Waals surface area (Å²) < 4.78 is 17.8. The lowest BCUT2D eigenvalue weighted by molar-refractivity contribution is 0.0683. The predicted octanol–water partition coefficient (Wildman–Crippen LogP) is 3.53. The molecule has 4 rings (SSSR count). The summed E-state index contributed by atoms with van der Waals surface area (Å²) in [5.74, 6) is 1.51. The number of hydrogen-bond acceptors (Lipinski definition) is 5. The fraction of sp³-hybridized carbons (Fsp3) is 0.375. The molecule has 3 aromatic rings. The van der Waals surface area contributed by atoms with Gasteiger partial charge in [-0.3, -0.25) is 4.79 Å². The van der Waals surface area contributed by atoms with Crippen LogP contribution < -0.4 is 15.0 Å². The molecule has 30 heavy (non-hydrogen) atoms. The van der Waals surface area contributed by atoms with Crippen molar-refractivity contribution in [3.05, 3.63) is 69.5 Å². The number of hydrogen-bond donors (Lipinski definition) is 1. The zero-order valence-electron chi connectivity index (χ0n) is 17.7. The number of rotatable bonds is 7. The van der Waals surface area contributed by atoms with Crippen LogP contribution in [0, 0.1) is 0 Å². The summed E-state index contributed by atoms with van der Waals surface area (Å²) in [4.78, 5) is 17.2. The molecule has 0 radical (unpaired) electrons. The van der Waals surface area contributed by atoms with Gasteiger partial charge in [-0.2, -0.15) is 0 Å². The van der Waals surface area contributed by atoms with Crippen LogP contribution in [0.4, 0.5) is 0 Å². The average molecular weight is 408 g/mol. The predicted molar refractivity (Wildman–Crippen MR) is 118 cm³/mol. The second-order valence-electron chi connectivity index (χ2n) is 7.78. The Hall–Kier alpha value is -2.83. The Kier molecular flexibility index (Phi) is 6.06. The van der Waals surface area contributed by atoms with Crippen molar-refractivity contribution in [2.45, 2.75) is 19.4 Å². The molecule has 158 valence electrons. The standard InChI is InChI=1S/C24H28N2O4/c1-4-16-13-19-14-17(5-7-20(19)25-24(16)27)23(30-10-9-26(2)3)18-6-8-21-22(15-18)29-12-11-28-21/h5-8,13-15,23H,4,9-12H2,1-3H3,(H,25,27). The summed E-state index contributed by atoms with van der Waals surface area (Å²) in [5.41, 5.74) is 3.63. The number of nitrogens with zero attached hydrogens (tertiary/aromatic N) is 1. The average Bonchev–Trinajstić information content (AvgIpc) is 2.75. The molecule has 1 aliphatic rings. The zero-order chi connectivity index (χ0) is 21.1. The molecule has 6 heteroatoms. The fourth-order valence-corrected chi connectivity index (χ4v) is 3.66. The van der Waals surface area contributed by atoms with Gasteiger partial charge in [-0.05, 0) is 67.4 Å². The summed E-state index contributed by atoms with van der Waals surface area (Å²) in [6.07, 6.45) is 0.447. The van der Waals surface area contributed by atoms with Crippen LogP contribution in [0.2, 0.25) is 0 Å². The van der Waals surface area contributed by atoms with Gasteiger partial charge in [-0.15, -0.1) is 0 Å². The van der Waals surface area contributed by atoms with Gasteiger partial charge in [-0.1, -0.05) is 19.1 Å². The first-order valence-corrected chi connectivity index (χ1v) is 10.4. The van der Waals surface area contributed by atoms with Crippen molar-refractivity contribution in [3.63, 3.8) is 0 Å². The van der Waals surface area contributed by atoms with E-state index in [1.165, 1.54) is 0 Å². The van der Waals surface area contributed by atoms with Gasteiger partial charge < -0.3 is 24.1 Å². The smallest absolute Gasteiger partial charge is 0.251 e. The number of fused-ring (bicyclic) bond motifs is 2. The number of nitrogens with one attached hydrogen (secondary N) is 1. The van der Waals surface area contributed by atoms with E-state index >= 15 is 0 Å². The van der Waals surface area contributed by atoms with Gasteiger partial charge in [0.1, 0.15) is 19.3 Å². The van der Waals surface area contributed by atoms with E-state index in [-0.39, 0.29) is 11.7 Å². The van der Waals surface area contributed by atoms with E-state index in [0.29, 0.717) is 26.2 Å². The summed E-state index contributed by atoms with van der Waals surface area (Å²) in [7, 11) is 4.06. The summed E-state index contributed by atoms with van der Waals surface area (Å²) in [5, 5.41) is 1.00. The largest absolute Gasteiger partial charge is 0.486 e. The molecule has 2 aromatic carbocycles. The number of aromatic nitrogens is 1. The molecular formula is C24H28N2O4. The molecule has 1 unspecified atom stereocenters. The van der Waals surface area contributed by atoms with Crippen molar-refractivity contribution < 1.29 is 14.2 Å². The van der Waals surface area contributed by atoms with E-state index in [1.807, 2.05) is 57.4 Å². The molecule has 1 aromatic heterocycles. The minimum absolute atomic E-state index is 0.0247.